The molecule has 0 spiro atoms. The molecule has 0 aliphatic carbocycles. The van der Waals surface area contributed by atoms with Gasteiger partial charge in [-0.25, -0.2) is 0 Å². The number of hydrogen-bond acceptors (Lipinski definition) is 3. The zero-order valence-corrected chi connectivity index (χ0v) is 12.4. The molecular formula is C16H19NOS. The predicted molar refractivity (Wildman–Crippen MR) is 79.5 cm³/mol. The number of aliphatic hydroxyl groups is 1. The highest BCUT2D eigenvalue weighted by molar-refractivity contribution is 7.99. The van der Waals surface area contributed by atoms with Crippen molar-refractivity contribution in [2.24, 2.45) is 0 Å². The summed E-state index contributed by atoms with van der Waals surface area (Å²) in [5.41, 5.74) is 3.35. The zero-order valence-electron chi connectivity index (χ0n) is 11.6. The van der Waals surface area contributed by atoms with Crippen molar-refractivity contribution in [3.8, 4) is 0 Å². The SMILES string of the molecule is CC[C@@H](O)c1ccc(Sc2ccc(C)c(C)c2)cn1. The molecule has 1 N–H and O–H groups in total. The summed E-state index contributed by atoms with van der Waals surface area (Å²) in [4.78, 5) is 6.62. The number of rotatable bonds is 4. The maximum Gasteiger partial charge on any atom is 0.0957 e. The molecule has 0 unspecified atom stereocenters. The Kier molecular flexibility index (Phi) is 4.61. The lowest BCUT2D eigenvalue weighted by atomic mass is 10.1. The molecule has 2 aromatic rings. The molecule has 19 heavy (non-hydrogen) atoms. The largest absolute Gasteiger partial charge is 0.387 e. The van der Waals surface area contributed by atoms with Gasteiger partial charge in [0.05, 0.1) is 11.8 Å². The van der Waals surface area contributed by atoms with Crippen molar-refractivity contribution in [1.29, 1.82) is 0 Å². The highest BCUT2D eigenvalue weighted by atomic mass is 32.2. The molecule has 1 aromatic carbocycles. The van der Waals surface area contributed by atoms with Crippen LogP contribution >= 0.6 is 11.8 Å². The normalized spacial score (nSPS) is 12.4. The molecule has 0 amide bonds. The first-order valence-electron chi connectivity index (χ1n) is 6.49. The van der Waals surface area contributed by atoms with Crippen LogP contribution < -0.4 is 0 Å². The lowest BCUT2D eigenvalue weighted by molar-refractivity contribution is 0.169. The van der Waals surface area contributed by atoms with Gasteiger partial charge in [0.2, 0.25) is 0 Å². The lowest BCUT2D eigenvalue weighted by Gasteiger charge is -2.08. The van der Waals surface area contributed by atoms with Gasteiger partial charge in [-0.2, -0.15) is 0 Å². The second-order valence-corrected chi connectivity index (χ2v) is 5.84. The van der Waals surface area contributed by atoms with Gasteiger partial charge in [-0.3, -0.25) is 4.98 Å². The van der Waals surface area contributed by atoms with Crippen LogP contribution in [0.2, 0.25) is 0 Å². The fourth-order valence-electron chi connectivity index (χ4n) is 1.77. The summed E-state index contributed by atoms with van der Waals surface area (Å²) in [6.45, 7) is 6.19. The Morgan fingerprint density at radius 1 is 1.11 bits per heavy atom. The Labute approximate surface area is 118 Å². The van der Waals surface area contributed by atoms with Crippen LogP contribution in [0.4, 0.5) is 0 Å². The lowest BCUT2D eigenvalue weighted by Crippen LogP contribution is -1.97. The van der Waals surface area contributed by atoms with E-state index in [1.165, 1.54) is 16.0 Å². The van der Waals surface area contributed by atoms with Crippen molar-refractivity contribution in [3.05, 3.63) is 53.3 Å². The van der Waals surface area contributed by atoms with Gasteiger partial charge in [-0.1, -0.05) is 24.8 Å². The third kappa shape index (κ3) is 3.58. The Balaban J connectivity index is 2.12. The molecule has 3 heteroatoms. The Bertz CT molecular complexity index is 551. The number of benzene rings is 1. The highest BCUT2D eigenvalue weighted by Gasteiger charge is 2.06. The second kappa shape index (κ2) is 6.22. The smallest absolute Gasteiger partial charge is 0.0957 e. The molecule has 0 radical (unpaired) electrons. The maximum absolute atomic E-state index is 9.71. The van der Waals surface area contributed by atoms with Crippen LogP contribution in [0.5, 0.6) is 0 Å². The Morgan fingerprint density at radius 3 is 2.42 bits per heavy atom. The zero-order chi connectivity index (χ0) is 13.8. The standard InChI is InChI=1S/C16H19NOS/c1-4-16(18)15-8-7-14(10-17-15)19-13-6-5-11(2)12(3)9-13/h5-10,16,18H,4H2,1-3H3/t16-/m1/s1. The van der Waals surface area contributed by atoms with Crippen molar-refractivity contribution in [2.45, 2.75) is 43.1 Å². The number of aryl methyl sites for hydroxylation is 2. The van der Waals surface area contributed by atoms with E-state index < -0.39 is 6.10 Å². The summed E-state index contributed by atoms with van der Waals surface area (Å²) in [6.07, 6.45) is 2.06. The first-order chi connectivity index (χ1) is 9.10. The summed E-state index contributed by atoms with van der Waals surface area (Å²) in [6, 6.07) is 10.4. The van der Waals surface area contributed by atoms with Gasteiger partial charge in [0, 0.05) is 16.0 Å². The number of hydrogen-bond donors (Lipinski definition) is 1. The minimum atomic E-state index is -0.458. The van der Waals surface area contributed by atoms with E-state index >= 15 is 0 Å². The van der Waals surface area contributed by atoms with Gasteiger partial charge < -0.3 is 5.11 Å². The number of nitrogens with zero attached hydrogens (tertiary/aromatic N) is 1. The quantitative estimate of drug-likeness (QED) is 0.902. The van der Waals surface area contributed by atoms with Crippen molar-refractivity contribution < 1.29 is 5.11 Å². The van der Waals surface area contributed by atoms with Gasteiger partial charge in [0.25, 0.3) is 0 Å². The van der Waals surface area contributed by atoms with Gasteiger partial charge in [-0.05, 0) is 55.7 Å². The number of aliphatic hydroxyl groups excluding tert-OH is 1. The van der Waals surface area contributed by atoms with Crippen LogP contribution in [0.15, 0.2) is 46.3 Å². The minimum absolute atomic E-state index is 0.458. The van der Waals surface area contributed by atoms with Crippen LogP contribution in [-0.2, 0) is 0 Å². The van der Waals surface area contributed by atoms with E-state index in [1.54, 1.807) is 11.8 Å². The molecule has 0 bridgehead atoms. The van der Waals surface area contributed by atoms with Crippen LogP contribution in [0.3, 0.4) is 0 Å². The van der Waals surface area contributed by atoms with E-state index in [-0.39, 0.29) is 0 Å². The molecule has 2 nitrogen and oxygen atoms in total. The van der Waals surface area contributed by atoms with Crippen LogP contribution in [0, 0.1) is 13.8 Å². The van der Waals surface area contributed by atoms with Crippen molar-refractivity contribution in [3.63, 3.8) is 0 Å². The Morgan fingerprint density at radius 2 is 1.84 bits per heavy atom. The van der Waals surface area contributed by atoms with E-state index in [0.717, 1.165) is 10.6 Å². The average molecular weight is 273 g/mol. The fraction of sp³-hybridized carbons (Fsp3) is 0.312. The van der Waals surface area contributed by atoms with Crippen molar-refractivity contribution >= 4 is 11.8 Å². The third-order valence-corrected chi connectivity index (χ3v) is 4.17. The monoisotopic (exact) mass is 273 g/mol. The molecule has 0 aliphatic rings. The first kappa shape index (κ1) is 14.1. The second-order valence-electron chi connectivity index (χ2n) is 4.69. The minimum Gasteiger partial charge on any atom is -0.387 e. The third-order valence-electron chi connectivity index (χ3n) is 3.20. The molecule has 0 aliphatic heterocycles. The molecule has 2 rings (SSSR count). The molecule has 1 atom stereocenters. The van der Waals surface area contributed by atoms with E-state index in [4.69, 9.17) is 0 Å². The van der Waals surface area contributed by atoms with Crippen LogP contribution in [0.1, 0.15) is 36.3 Å². The highest BCUT2D eigenvalue weighted by Crippen LogP contribution is 2.29. The molecule has 1 aromatic heterocycles. The van der Waals surface area contributed by atoms with Gasteiger partial charge in [-0.15, -0.1) is 0 Å². The topological polar surface area (TPSA) is 33.1 Å². The summed E-state index contributed by atoms with van der Waals surface area (Å²) in [5.74, 6) is 0. The van der Waals surface area contributed by atoms with E-state index in [2.05, 4.69) is 37.0 Å². The Hall–Kier alpha value is -1.32. The molecule has 0 saturated carbocycles. The van der Waals surface area contributed by atoms with E-state index in [1.807, 2.05) is 25.3 Å². The van der Waals surface area contributed by atoms with Crippen LogP contribution in [0.25, 0.3) is 0 Å². The molecule has 1 heterocycles. The number of aromatic nitrogens is 1. The van der Waals surface area contributed by atoms with Crippen LogP contribution in [-0.4, -0.2) is 10.1 Å². The van der Waals surface area contributed by atoms with Gasteiger partial charge >= 0.3 is 0 Å². The van der Waals surface area contributed by atoms with Crippen molar-refractivity contribution in [1.82, 2.24) is 4.98 Å². The van der Waals surface area contributed by atoms with E-state index in [9.17, 15) is 5.11 Å². The molecule has 0 saturated heterocycles. The first-order valence-corrected chi connectivity index (χ1v) is 7.31. The summed E-state index contributed by atoms with van der Waals surface area (Å²) < 4.78 is 0. The average Bonchev–Trinajstić information content (AvgIpc) is 2.43. The predicted octanol–water partition coefficient (Wildman–Crippen LogP) is 4.29. The van der Waals surface area contributed by atoms with E-state index in [0.29, 0.717) is 6.42 Å². The van der Waals surface area contributed by atoms with Gasteiger partial charge in [0.1, 0.15) is 0 Å². The fourth-order valence-corrected chi connectivity index (χ4v) is 2.66. The molecule has 0 fully saturated rings. The van der Waals surface area contributed by atoms with Crippen molar-refractivity contribution in [2.75, 3.05) is 0 Å². The number of pyridine rings is 1. The molecular weight excluding hydrogens is 254 g/mol. The summed E-state index contributed by atoms with van der Waals surface area (Å²) in [5, 5.41) is 9.71. The maximum atomic E-state index is 9.71. The van der Waals surface area contributed by atoms with Gasteiger partial charge in [0.15, 0.2) is 0 Å². The summed E-state index contributed by atoms with van der Waals surface area (Å²) >= 11 is 1.69. The summed E-state index contributed by atoms with van der Waals surface area (Å²) in [7, 11) is 0. The molecule has 100 valence electrons.